The van der Waals surface area contributed by atoms with E-state index in [9.17, 15) is 4.79 Å². The van der Waals surface area contributed by atoms with Gasteiger partial charge in [-0.2, -0.15) is 0 Å². The van der Waals surface area contributed by atoms with Crippen LogP contribution in [0, 0.1) is 0 Å². The minimum absolute atomic E-state index is 0.00564. The van der Waals surface area contributed by atoms with Gasteiger partial charge in [0.05, 0.1) is 29.0 Å². The Balaban J connectivity index is 1.91. The van der Waals surface area contributed by atoms with Gasteiger partial charge in [-0.05, 0) is 33.8 Å². The van der Waals surface area contributed by atoms with Gasteiger partial charge in [0, 0.05) is 22.7 Å². The van der Waals surface area contributed by atoms with E-state index in [1.165, 1.54) is 0 Å². The first-order valence-electron chi connectivity index (χ1n) is 8.09. The molecular weight excluding hydrogens is 255 g/mol. The summed E-state index contributed by atoms with van der Waals surface area (Å²) in [6.45, 7) is 5.28. The van der Waals surface area contributed by atoms with Crippen molar-refractivity contribution in [1.29, 1.82) is 0 Å². The molecule has 2 aliphatic heterocycles. The Bertz CT molecular complexity index is 660. The fraction of sp³-hybridized carbons (Fsp3) is 0.571. The summed E-state index contributed by atoms with van der Waals surface area (Å²) in [5.74, 6) is -0.536. The summed E-state index contributed by atoms with van der Waals surface area (Å²) >= 11 is 0. The summed E-state index contributed by atoms with van der Waals surface area (Å²) in [6.07, 6.45) is 1.58. The maximum atomic E-state index is 12.3. The Hall–Kier alpha value is -1.40. The largest absolute Gasteiger partial charge is 0.496 e. The molecule has 20 heavy (non-hydrogen) atoms. The third kappa shape index (κ3) is 1.86. The van der Waals surface area contributed by atoms with Gasteiger partial charge < -0.3 is 14.2 Å². The first kappa shape index (κ1) is 10.3. The summed E-state index contributed by atoms with van der Waals surface area (Å²) in [6, 6.07) is 1.62. The first-order valence-corrected chi connectivity index (χ1v) is 6.59. The van der Waals surface area contributed by atoms with Gasteiger partial charge in [0.15, 0.2) is 0 Å². The summed E-state index contributed by atoms with van der Waals surface area (Å²) < 4.78 is 34.1. The van der Waals surface area contributed by atoms with Crippen LogP contribution in [0.5, 0.6) is 0 Å². The summed E-state index contributed by atoms with van der Waals surface area (Å²) in [4.78, 5) is 17.4. The highest BCUT2D eigenvalue weighted by Gasteiger charge is 2.52. The van der Waals surface area contributed by atoms with Gasteiger partial charge >= 0.3 is 7.12 Å². The number of carbonyl (C=O) groups is 1. The number of carbonyl (C=O) groups excluding carboxylic acids is 1. The normalized spacial score (nSPS) is 26.2. The van der Waals surface area contributed by atoms with E-state index in [1.54, 1.807) is 12.3 Å². The summed E-state index contributed by atoms with van der Waals surface area (Å²) in [5.41, 5.74) is 0.388. The molecule has 0 radical (unpaired) electrons. The number of hydrogen-bond acceptors (Lipinski definition) is 4. The molecule has 3 heterocycles. The lowest BCUT2D eigenvalue weighted by Crippen LogP contribution is -2.41. The molecule has 5 nitrogen and oxygen atoms in total. The van der Waals surface area contributed by atoms with E-state index in [1.807, 2.05) is 27.7 Å². The summed E-state index contributed by atoms with van der Waals surface area (Å²) in [5, 5.41) is 0. The maximum absolute atomic E-state index is 12.3. The number of hydrogen-bond donors (Lipinski definition) is 0. The predicted molar refractivity (Wildman–Crippen MR) is 75.8 cm³/mol. The van der Waals surface area contributed by atoms with Crippen molar-refractivity contribution in [1.82, 2.24) is 9.88 Å². The predicted octanol–water partition coefficient (Wildman–Crippen LogP) is 0.966. The molecule has 0 unspecified atom stereocenters. The molecule has 1 fully saturated rings. The highest BCUT2D eigenvalue weighted by Crippen LogP contribution is 2.36. The van der Waals surface area contributed by atoms with E-state index in [0.717, 1.165) is 4.90 Å². The third-order valence-corrected chi connectivity index (χ3v) is 4.30. The highest BCUT2D eigenvalue weighted by molar-refractivity contribution is 6.62. The molecule has 1 amide bonds. The van der Waals surface area contributed by atoms with Crippen LogP contribution in [0.1, 0.15) is 47.9 Å². The molecule has 3 rings (SSSR count). The maximum Gasteiger partial charge on any atom is 0.496 e. The standard InChI is InChI=1S/C14H19BN2O3/c1-13(2)14(3,4)20-15(19-13)9-6-10-11(16-7-9)8-17(5)12(10)18/h6-7H,8H2,1-5H3/i5D3. The number of aromatic nitrogens is 1. The second-order valence-electron chi connectivity index (χ2n) is 6.24. The second-order valence-corrected chi connectivity index (χ2v) is 6.24. The van der Waals surface area contributed by atoms with Crippen molar-refractivity contribution in [2.45, 2.75) is 45.4 Å². The Morgan fingerprint density at radius 2 is 2.00 bits per heavy atom. The molecule has 1 saturated heterocycles. The van der Waals surface area contributed by atoms with Gasteiger partial charge in [0.25, 0.3) is 5.91 Å². The monoisotopic (exact) mass is 277 g/mol. The zero-order chi connectivity index (χ0) is 17.2. The molecule has 0 aromatic carbocycles. The van der Waals surface area contributed by atoms with E-state index in [2.05, 4.69) is 4.98 Å². The molecule has 0 atom stereocenters. The second kappa shape index (κ2) is 4.05. The van der Waals surface area contributed by atoms with Crippen molar-refractivity contribution in [3.05, 3.63) is 23.5 Å². The van der Waals surface area contributed by atoms with Crippen molar-refractivity contribution in [3.63, 3.8) is 0 Å². The van der Waals surface area contributed by atoms with Crippen molar-refractivity contribution in [3.8, 4) is 0 Å². The molecule has 1 aromatic heterocycles. The smallest absolute Gasteiger partial charge is 0.399 e. The van der Waals surface area contributed by atoms with Crippen LogP contribution in [0.2, 0.25) is 0 Å². The first-order chi connectivity index (χ1) is 10.4. The number of nitrogens with zero attached hydrogens (tertiary/aromatic N) is 2. The SMILES string of the molecule is [2H]C([2H])([2H])N1Cc2ncc(B3OC(C)(C)C(C)(C)O3)cc2C1=O. The zero-order valence-corrected chi connectivity index (χ0v) is 12.1. The van der Waals surface area contributed by atoms with Crippen LogP contribution in [0.4, 0.5) is 0 Å². The van der Waals surface area contributed by atoms with Crippen LogP contribution in [0.15, 0.2) is 12.3 Å². The van der Waals surface area contributed by atoms with Crippen molar-refractivity contribution < 1.29 is 18.2 Å². The fourth-order valence-electron chi connectivity index (χ4n) is 2.30. The Labute approximate surface area is 123 Å². The molecule has 0 bridgehead atoms. The molecule has 2 aliphatic rings. The lowest BCUT2D eigenvalue weighted by molar-refractivity contribution is 0.00578. The van der Waals surface area contributed by atoms with Gasteiger partial charge in [0.1, 0.15) is 0 Å². The van der Waals surface area contributed by atoms with Gasteiger partial charge in [-0.25, -0.2) is 0 Å². The van der Waals surface area contributed by atoms with Crippen molar-refractivity contribution >= 4 is 18.5 Å². The van der Waals surface area contributed by atoms with Crippen LogP contribution in [-0.2, 0) is 15.9 Å². The summed E-state index contributed by atoms with van der Waals surface area (Å²) in [7, 11) is -0.632. The van der Waals surface area contributed by atoms with Crippen LogP contribution >= 0.6 is 0 Å². The van der Waals surface area contributed by atoms with Gasteiger partial charge in [-0.15, -0.1) is 0 Å². The van der Waals surface area contributed by atoms with E-state index >= 15 is 0 Å². The Morgan fingerprint density at radius 1 is 1.35 bits per heavy atom. The number of amides is 1. The number of rotatable bonds is 1. The molecule has 6 heteroatoms. The molecular formula is C14H19BN2O3. The van der Waals surface area contributed by atoms with Crippen LogP contribution in [0.3, 0.4) is 0 Å². The van der Waals surface area contributed by atoms with E-state index in [0.29, 0.717) is 16.7 Å². The van der Waals surface area contributed by atoms with Gasteiger partial charge in [-0.3, -0.25) is 9.78 Å². The van der Waals surface area contributed by atoms with E-state index < -0.39 is 31.2 Å². The topological polar surface area (TPSA) is 51.7 Å². The highest BCUT2D eigenvalue weighted by atomic mass is 16.7. The molecule has 1 aromatic rings. The third-order valence-electron chi connectivity index (χ3n) is 4.30. The molecule has 0 saturated carbocycles. The van der Waals surface area contributed by atoms with Gasteiger partial charge in [0.2, 0.25) is 0 Å². The van der Waals surface area contributed by atoms with Crippen LogP contribution in [-0.4, -0.2) is 41.1 Å². The molecule has 0 N–H and O–H groups in total. The average molecular weight is 277 g/mol. The number of fused-ring (bicyclic) bond motifs is 1. The van der Waals surface area contributed by atoms with Crippen LogP contribution in [0.25, 0.3) is 0 Å². The van der Waals surface area contributed by atoms with Crippen molar-refractivity contribution in [2.75, 3.05) is 6.98 Å². The van der Waals surface area contributed by atoms with E-state index in [-0.39, 0.29) is 6.54 Å². The minimum Gasteiger partial charge on any atom is -0.399 e. The minimum atomic E-state index is -2.47. The fourth-order valence-corrected chi connectivity index (χ4v) is 2.30. The molecule has 0 spiro atoms. The van der Waals surface area contributed by atoms with Gasteiger partial charge in [-0.1, -0.05) is 0 Å². The zero-order valence-electron chi connectivity index (χ0n) is 15.1. The number of pyridine rings is 1. The Kier molecular flexibility index (Phi) is 2.10. The lowest BCUT2D eigenvalue weighted by Gasteiger charge is -2.32. The van der Waals surface area contributed by atoms with Crippen molar-refractivity contribution in [2.24, 2.45) is 0 Å². The lowest BCUT2D eigenvalue weighted by atomic mass is 9.79. The van der Waals surface area contributed by atoms with E-state index in [4.69, 9.17) is 13.4 Å². The average Bonchev–Trinajstić information content (AvgIpc) is 2.84. The quantitative estimate of drug-likeness (QED) is 0.718. The van der Waals surface area contributed by atoms with Crippen LogP contribution < -0.4 is 5.46 Å². The molecule has 0 aliphatic carbocycles. The molecule has 106 valence electrons. The Morgan fingerprint density at radius 3 is 2.60 bits per heavy atom.